The monoisotopic (exact) mass is 418 g/mol. The molecular formula is C20H16ClFN2O3S. The van der Waals surface area contributed by atoms with Gasteiger partial charge in [-0.15, -0.1) is 0 Å². The minimum Gasteiger partial charge on any atom is -0.339 e. The predicted octanol–water partition coefficient (Wildman–Crippen LogP) is 4.10. The van der Waals surface area contributed by atoms with Crippen molar-refractivity contribution >= 4 is 38.2 Å². The molecule has 0 aliphatic carbocycles. The van der Waals surface area contributed by atoms with Crippen molar-refractivity contribution in [2.45, 2.75) is 22.6 Å². The van der Waals surface area contributed by atoms with Gasteiger partial charge in [-0.2, -0.15) is 0 Å². The number of likely N-dealkylation sites (tertiary alicyclic amines) is 1. The molecule has 2 heterocycles. The number of pyridine rings is 1. The van der Waals surface area contributed by atoms with Gasteiger partial charge in [0.05, 0.1) is 20.9 Å². The Kier molecular flexibility index (Phi) is 4.81. The first-order chi connectivity index (χ1) is 13.4. The summed E-state index contributed by atoms with van der Waals surface area (Å²) >= 11 is 6.10. The molecule has 28 heavy (non-hydrogen) atoms. The maximum absolute atomic E-state index is 13.4. The van der Waals surface area contributed by atoms with Crippen LogP contribution in [0.2, 0.25) is 5.02 Å². The van der Waals surface area contributed by atoms with Gasteiger partial charge < -0.3 is 4.90 Å². The Morgan fingerprint density at radius 2 is 1.75 bits per heavy atom. The number of halogens is 2. The molecule has 1 amide bonds. The summed E-state index contributed by atoms with van der Waals surface area (Å²) in [5.74, 6) is -0.928. The molecule has 0 saturated carbocycles. The van der Waals surface area contributed by atoms with E-state index in [0.29, 0.717) is 23.6 Å². The minimum atomic E-state index is -4.12. The summed E-state index contributed by atoms with van der Waals surface area (Å²) in [6.07, 6.45) is 3.05. The summed E-state index contributed by atoms with van der Waals surface area (Å²) in [6, 6.07) is 9.22. The Balaban J connectivity index is 2.00. The van der Waals surface area contributed by atoms with Crippen LogP contribution in [0.15, 0.2) is 58.5 Å². The lowest BCUT2D eigenvalue weighted by Gasteiger charge is -2.19. The van der Waals surface area contributed by atoms with Crippen LogP contribution in [0, 0.1) is 5.82 Å². The number of hydrogen-bond donors (Lipinski definition) is 0. The number of amides is 1. The predicted molar refractivity (Wildman–Crippen MR) is 104 cm³/mol. The Morgan fingerprint density at radius 1 is 1.07 bits per heavy atom. The summed E-state index contributed by atoms with van der Waals surface area (Å²) < 4.78 is 40.2. The van der Waals surface area contributed by atoms with Crippen LogP contribution in [0.1, 0.15) is 23.2 Å². The van der Waals surface area contributed by atoms with Crippen LogP contribution in [0.25, 0.3) is 10.9 Å². The van der Waals surface area contributed by atoms with Crippen molar-refractivity contribution in [3.63, 3.8) is 0 Å². The summed E-state index contributed by atoms with van der Waals surface area (Å²) in [7, 11) is -4.12. The normalized spacial score (nSPS) is 14.6. The number of sulfone groups is 1. The maximum Gasteiger partial charge on any atom is 0.256 e. The van der Waals surface area contributed by atoms with E-state index in [1.54, 1.807) is 17.0 Å². The van der Waals surface area contributed by atoms with Crippen LogP contribution in [0.3, 0.4) is 0 Å². The average molecular weight is 419 g/mol. The topological polar surface area (TPSA) is 67.3 Å². The van der Waals surface area contributed by atoms with Crippen molar-refractivity contribution in [3.8, 4) is 0 Å². The van der Waals surface area contributed by atoms with Gasteiger partial charge in [0.1, 0.15) is 5.82 Å². The first kappa shape index (κ1) is 18.8. The number of carbonyl (C=O) groups is 1. The van der Waals surface area contributed by atoms with E-state index in [0.717, 1.165) is 25.0 Å². The number of carbonyl (C=O) groups excluding carboxylic acids is 1. The molecule has 0 unspecified atom stereocenters. The van der Waals surface area contributed by atoms with Gasteiger partial charge in [-0.1, -0.05) is 11.6 Å². The van der Waals surface area contributed by atoms with Crippen LogP contribution in [-0.2, 0) is 9.84 Å². The van der Waals surface area contributed by atoms with Crippen LogP contribution in [0.5, 0.6) is 0 Å². The Morgan fingerprint density at radius 3 is 2.43 bits per heavy atom. The fourth-order valence-electron chi connectivity index (χ4n) is 3.40. The molecule has 0 spiro atoms. The van der Waals surface area contributed by atoms with Crippen molar-refractivity contribution in [1.82, 2.24) is 9.88 Å². The molecule has 4 rings (SSSR count). The lowest BCUT2D eigenvalue weighted by atomic mass is 10.1. The van der Waals surface area contributed by atoms with Crippen molar-refractivity contribution in [2.75, 3.05) is 13.1 Å². The number of aromatic nitrogens is 1. The van der Waals surface area contributed by atoms with E-state index in [9.17, 15) is 17.6 Å². The third kappa shape index (κ3) is 3.25. The van der Waals surface area contributed by atoms with E-state index < -0.39 is 15.7 Å². The molecule has 1 saturated heterocycles. The SMILES string of the molecule is O=C(c1cnc2ccc(Cl)cc2c1S(=O)(=O)c1ccc(F)cc1)N1CCCC1. The number of fused-ring (bicyclic) bond motifs is 1. The molecule has 2 aromatic carbocycles. The zero-order chi connectivity index (χ0) is 19.9. The highest BCUT2D eigenvalue weighted by atomic mass is 35.5. The van der Waals surface area contributed by atoms with Crippen molar-refractivity contribution in [1.29, 1.82) is 0 Å². The molecule has 0 atom stereocenters. The molecule has 1 aromatic heterocycles. The highest BCUT2D eigenvalue weighted by Gasteiger charge is 2.31. The van der Waals surface area contributed by atoms with Crippen molar-refractivity contribution in [2.24, 2.45) is 0 Å². The quantitative estimate of drug-likeness (QED) is 0.600. The molecule has 3 aromatic rings. The summed E-state index contributed by atoms with van der Waals surface area (Å²) in [4.78, 5) is 18.7. The second-order valence-electron chi connectivity index (χ2n) is 6.62. The van der Waals surface area contributed by atoms with Crippen molar-refractivity contribution < 1.29 is 17.6 Å². The Bertz CT molecular complexity index is 1170. The van der Waals surface area contributed by atoms with E-state index in [1.165, 1.54) is 24.4 Å². The lowest BCUT2D eigenvalue weighted by molar-refractivity contribution is 0.0789. The van der Waals surface area contributed by atoms with Crippen LogP contribution in [-0.4, -0.2) is 37.3 Å². The van der Waals surface area contributed by atoms with Gasteiger partial charge in [0.2, 0.25) is 9.84 Å². The van der Waals surface area contributed by atoms with Crippen LogP contribution < -0.4 is 0 Å². The fourth-order valence-corrected chi connectivity index (χ4v) is 5.19. The number of nitrogens with zero attached hydrogens (tertiary/aromatic N) is 2. The molecule has 1 aliphatic rings. The summed E-state index contributed by atoms with van der Waals surface area (Å²) in [6.45, 7) is 1.14. The third-order valence-electron chi connectivity index (χ3n) is 4.80. The molecule has 0 radical (unpaired) electrons. The van der Waals surface area contributed by atoms with Gasteiger partial charge in [-0.25, -0.2) is 12.8 Å². The van der Waals surface area contributed by atoms with Crippen LogP contribution in [0.4, 0.5) is 4.39 Å². The molecule has 5 nitrogen and oxygen atoms in total. The van der Waals surface area contributed by atoms with Crippen LogP contribution >= 0.6 is 11.6 Å². The van der Waals surface area contributed by atoms with Gasteiger partial charge in [-0.05, 0) is 55.3 Å². The summed E-state index contributed by atoms with van der Waals surface area (Å²) in [5.41, 5.74) is 0.407. The fraction of sp³-hybridized carbons (Fsp3) is 0.200. The number of hydrogen-bond acceptors (Lipinski definition) is 4. The number of benzene rings is 2. The highest BCUT2D eigenvalue weighted by molar-refractivity contribution is 7.91. The minimum absolute atomic E-state index is 0.000918. The second kappa shape index (κ2) is 7.14. The van der Waals surface area contributed by atoms with Gasteiger partial charge in [0, 0.05) is 29.7 Å². The Hall–Kier alpha value is -2.51. The van der Waals surface area contributed by atoms with Gasteiger partial charge >= 0.3 is 0 Å². The molecule has 0 bridgehead atoms. The first-order valence-corrected chi connectivity index (χ1v) is 10.6. The standard InChI is InChI=1S/C20H16ClFN2O3S/c21-13-3-8-18-16(11-13)19(28(26,27)15-6-4-14(22)5-7-15)17(12-23-18)20(25)24-9-1-2-10-24/h3-8,11-12H,1-2,9-10H2. The number of rotatable bonds is 3. The van der Waals surface area contributed by atoms with Gasteiger partial charge in [-0.3, -0.25) is 9.78 Å². The lowest BCUT2D eigenvalue weighted by Crippen LogP contribution is -2.29. The molecule has 144 valence electrons. The van der Waals surface area contributed by atoms with Gasteiger partial charge in [0.15, 0.2) is 0 Å². The molecule has 1 aliphatic heterocycles. The van der Waals surface area contributed by atoms with E-state index in [-0.39, 0.29) is 26.6 Å². The molecule has 0 N–H and O–H groups in total. The van der Waals surface area contributed by atoms with E-state index in [1.807, 2.05) is 0 Å². The van der Waals surface area contributed by atoms with Gasteiger partial charge in [0.25, 0.3) is 5.91 Å². The first-order valence-electron chi connectivity index (χ1n) is 8.76. The highest BCUT2D eigenvalue weighted by Crippen LogP contribution is 2.33. The maximum atomic E-state index is 13.4. The smallest absolute Gasteiger partial charge is 0.256 e. The van der Waals surface area contributed by atoms with Crippen molar-refractivity contribution in [3.05, 3.63) is 65.1 Å². The zero-order valence-corrected chi connectivity index (χ0v) is 16.3. The van der Waals surface area contributed by atoms with E-state index in [4.69, 9.17) is 11.6 Å². The third-order valence-corrected chi connectivity index (χ3v) is 6.90. The average Bonchev–Trinajstić information content (AvgIpc) is 3.21. The van der Waals surface area contributed by atoms with E-state index >= 15 is 0 Å². The summed E-state index contributed by atoms with van der Waals surface area (Å²) in [5, 5.41) is 0.595. The zero-order valence-electron chi connectivity index (χ0n) is 14.7. The second-order valence-corrected chi connectivity index (χ2v) is 8.94. The Labute approximate surface area is 166 Å². The molecule has 1 fully saturated rings. The van der Waals surface area contributed by atoms with E-state index in [2.05, 4.69) is 4.98 Å². The molecule has 8 heteroatoms. The molecular weight excluding hydrogens is 403 g/mol. The largest absolute Gasteiger partial charge is 0.339 e.